The van der Waals surface area contributed by atoms with Crippen LogP contribution in [-0.4, -0.2) is 30.6 Å². The third kappa shape index (κ3) is 2.66. The SMILES string of the molecule is NC(Cc1nc2ccccc2n1Cc1ncccn1)=NO. The van der Waals surface area contributed by atoms with Crippen LogP contribution in [0, 0.1) is 0 Å². The molecule has 0 bridgehead atoms. The zero-order valence-electron chi connectivity index (χ0n) is 11.2. The predicted octanol–water partition coefficient (Wildman–Crippen LogP) is 1.16. The topological polar surface area (TPSA) is 102 Å². The fraction of sp³-hybridized carbons (Fsp3) is 0.143. The number of amidine groups is 1. The Bertz CT molecular complexity index is 781. The Labute approximate surface area is 120 Å². The molecular weight excluding hydrogens is 268 g/mol. The van der Waals surface area contributed by atoms with Gasteiger partial charge in [0, 0.05) is 12.4 Å². The van der Waals surface area contributed by atoms with Gasteiger partial charge < -0.3 is 15.5 Å². The first-order chi connectivity index (χ1) is 10.3. The van der Waals surface area contributed by atoms with Crippen molar-refractivity contribution in [1.29, 1.82) is 0 Å². The van der Waals surface area contributed by atoms with Crippen LogP contribution < -0.4 is 5.73 Å². The minimum absolute atomic E-state index is 0.112. The molecule has 1 aromatic carbocycles. The van der Waals surface area contributed by atoms with Crippen molar-refractivity contribution in [3.05, 3.63) is 54.4 Å². The van der Waals surface area contributed by atoms with Gasteiger partial charge in [0.2, 0.25) is 0 Å². The number of nitrogens with two attached hydrogens (primary N) is 1. The number of hydrogen-bond acceptors (Lipinski definition) is 5. The van der Waals surface area contributed by atoms with E-state index in [-0.39, 0.29) is 12.3 Å². The second kappa shape index (κ2) is 5.58. The molecule has 3 N–H and O–H groups in total. The van der Waals surface area contributed by atoms with Crippen molar-refractivity contribution in [3.8, 4) is 0 Å². The van der Waals surface area contributed by atoms with Crippen molar-refractivity contribution in [2.75, 3.05) is 0 Å². The largest absolute Gasteiger partial charge is 0.409 e. The first-order valence-corrected chi connectivity index (χ1v) is 6.44. The standard InChI is InChI=1S/C14H14N6O/c15-12(19-21)8-14-18-10-4-1-2-5-11(10)20(14)9-13-16-6-3-7-17-13/h1-7,21H,8-9H2,(H2,15,19). The fourth-order valence-corrected chi connectivity index (χ4v) is 2.19. The smallest absolute Gasteiger partial charge is 0.147 e. The Hall–Kier alpha value is -2.96. The molecule has 0 aliphatic rings. The zero-order valence-corrected chi connectivity index (χ0v) is 11.2. The van der Waals surface area contributed by atoms with Gasteiger partial charge in [-0.3, -0.25) is 0 Å². The van der Waals surface area contributed by atoms with Crippen LogP contribution in [0.15, 0.2) is 47.9 Å². The summed E-state index contributed by atoms with van der Waals surface area (Å²) < 4.78 is 1.97. The van der Waals surface area contributed by atoms with E-state index in [9.17, 15) is 0 Å². The van der Waals surface area contributed by atoms with Crippen molar-refractivity contribution in [2.45, 2.75) is 13.0 Å². The summed E-state index contributed by atoms with van der Waals surface area (Å²) in [4.78, 5) is 13.0. The maximum atomic E-state index is 8.75. The molecule has 2 heterocycles. The molecule has 3 rings (SSSR count). The highest BCUT2D eigenvalue weighted by Crippen LogP contribution is 2.17. The van der Waals surface area contributed by atoms with Crippen molar-refractivity contribution >= 4 is 16.9 Å². The van der Waals surface area contributed by atoms with Gasteiger partial charge in [-0.05, 0) is 18.2 Å². The lowest BCUT2D eigenvalue weighted by molar-refractivity contribution is 0.317. The number of nitrogens with zero attached hydrogens (tertiary/aromatic N) is 5. The van der Waals surface area contributed by atoms with Gasteiger partial charge in [-0.1, -0.05) is 17.3 Å². The third-order valence-corrected chi connectivity index (χ3v) is 3.12. The van der Waals surface area contributed by atoms with E-state index >= 15 is 0 Å². The van der Waals surface area contributed by atoms with Gasteiger partial charge in [-0.15, -0.1) is 0 Å². The highest BCUT2D eigenvalue weighted by molar-refractivity contribution is 5.83. The van der Waals surface area contributed by atoms with E-state index in [0.29, 0.717) is 18.2 Å². The van der Waals surface area contributed by atoms with Crippen molar-refractivity contribution in [3.63, 3.8) is 0 Å². The monoisotopic (exact) mass is 282 g/mol. The molecule has 0 unspecified atom stereocenters. The molecule has 0 saturated carbocycles. The van der Waals surface area contributed by atoms with Gasteiger partial charge in [-0.25, -0.2) is 15.0 Å². The molecule has 0 aliphatic heterocycles. The molecule has 0 fully saturated rings. The lowest BCUT2D eigenvalue weighted by Crippen LogP contribution is -2.18. The first kappa shape index (κ1) is 13.0. The maximum absolute atomic E-state index is 8.75. The van der Waals surface area contributed by atoms with Gasteiger partial charge in [0.05, 0.1) is 24.0 Å². The Morgan fingerprint density at radius 3 is 2.71 bits per heavy atom. The normalized spacial score (nSPS) is 11.9. The molecule has 0 atom stereocenters. The highest BCUT2D eigenvalue weighted by Gasteiger charge is 2.13. The molecule has 106 valence electrons. The Morgan fingerprint density at radius 2 is 1.95 bits per heavy atom. The van der Waals surface area contributed by atoms with E-state index in [4.69, 9.17) is 10.9 Å². The molecule has 0 spiro atoms. The molecule has 21 heavy (non-hydrogen) atoms. The quantitative estimate of drug-likeness (QED) is 0.323. The van der Waals surface area contributed by atoms with Crippen molar-refractivity contribution < 1.29 is 5.21 Å². The van der Waals surface area contributed by atoms with Gasteiger partial charge in [0.15, 0.2) is 0 Å². The van der Waals surface area contributed by atoms with Crippen LogP contribution in [0.5, 0.6) is 0 Å². The average Bonchev–Trinajstić information content (AvgIpc) is 2.86. The molecule has 3 aromatic rings. The molecular formula is C14H14N6O. The van der Waals surface area contributed by atoms with Crippen LogP contribution in [0.3, 0.4) is 0 Å². The van der Waals surface area contributed by atoms with Gasteiger partial charge in [0.1, 0.15) is 17.5 Å². The fourth-order valence-electron chi connectivity index (χ4n) is 2.19. The number of benzene rings is 1. The summed E-state index contributed by atoms with van der Waals surface area (Å²) in [6.07, 6.45) is 3.66. The molecule has 7 nitrogen and oxygen atoms in total. The molecule has 0 saturated heterocycles. The minimum atomic E-state index is 0.112. The number of rotatable bonds is 4. The summed E-state index contributed by atoms with van der Waals surface area (Å²) in [5, 5.41) is 11.8. The van der Waals surface area contributed by atoms with E-state index in [1.807, 2.05) is 28.8 Å². The lowest BCUT2D eigenvalue weighted by Gasteiger charge is -2.07. The maximum Gasteiger partial charge on any atom is 0.147 e. The second-order valence-corrected chi connectivity index (χ2v) is 4.54. The average molecular weight is 282 g/mol. The van der Waals surface area contributed by atoms with Crippen LogP contribution in [0.4, 0.5) is 0 Å². The van der Waals surface area contributed by atoms with E-state index < -0.39 is 0 Å². The summed E-state index contributed by atoms with van der Waals surface area (Å²) in [5.74, 6) is 1.50. The van der Waals surface area contributed by atoms with Crippen LogP contribution in [0.25, 0.3) is 11.0 Å². The van der Waals surface area contributed by atoms with E-state index in [2.05, 4.69) is 20.1 Å². The molecule has 0 aliphatic carbocycles. The highest BCUT2D eigenvalue weighted by atomic mass is 16.4. The number of fused-ring (bicyclic) bond motifs is 1. The Kier molecular flexibility index (Phi) is 3.46. The van der Waals surface area contributed by atoms with E-state index in [1.165, 1.54) is 0 Å². The number of oxime groups is 1. The number of aromatic nitrogens is 4. The first-order valence-electron chi connectivity index (χ1n) is 6.44. The number of hydrogen-bond donors (Lipinski definition) is 2. The molecule has 7 heteroatoms. The van der Waals surface area contributed by atoms with Crippen molar-refractivity contribution in [2.24, 2.45) is 10.9 Å². The summed E-state index contributed by atoms with van der Waals surface area (Å²) in [6.45, 7) is 0.482. The molecule has 2 aromatic heterocycles. The van der Waals surface area contributed by atoms with Crippen LogP contribution >= 0.6 is 0 Å². The van der Waals surface area contributed by atoms with Gasteiger partial charge >= 0.3 is 0 Å². The Balaban J connectivity index is 2.07. The lowest BCUT2D eigenvalue weighted by atomic mass is 10.3. The number of para-hydroxylation sites is 2. The van der Waals surface area contributed by atoms with Crippen molar-refractivity contribution in [1.82, 2.24) is 19.5 Å². The number of imidazole rings is 1. The van der Waals surface area contributed by atoms with Gasteiger partial charge in [0.25, 0.3) is 0 Å². The second-order valence-electron chi connectivity index (χ2n) is 4.54. The molecule has 0 radical (unpaired) electrons. The van der Waals surface area contributed by atoms with E-state index in [0.717, 1.165) is 11.0 Å². The summed E-state index contributed by atoms with van der Waals surface area (Å²) in [7, 11) is 0. The van der Waals surface area contributed by atoms with Crippen LogP contribution in [0.2, 0.25) is 0 Å². The molecule has 0 amide bonds. The third-order valence-electron chi connectivity index (χ3n) is 3.12. The van der Waals surface area contributed by atoms with Gasteiger partial charge in [-0.2, -0.15) is 0 Å². The Morgan fingerprint density at radius 1 is 1.19 bits per heavy atom. The summed E-state index contributed by atoms with van der Waals surface area (Å²) in [6, 6.07) is 9.53. The van der Waals surface area contributed by atoms with E-state index in [1.54, 1.807) is 18.5 Å². The minimum Gasteiger partial charge on any atom is -0.409 e. The zero-order chi connectivity index (χ0) is 14.7. The van der Waals surface area contributed by atoms with Crippen LogP contribution in [-0.2, 0) is 13.0 Å². The predicted molar refractivity (Wildman–Crippen MR) is 78.0 cm³/mol. The summed E-state index contributed by atoms with van der Waals surface area (Å²) >= 11 is 0. The van der Waals surface area contributed by atoms with Crippen LogP contribution in [0.1, 0.15) is 11.6 Å². The summed E-state index contributed by atoms with van der Waals surface area (Å²) in [5.41, 5.74) is 7.42.